The monoisotopic (exact) mass is 418 g/mol. The van der Waals surface area contributed by atoms with E-state index in [0.717, 1.165) is 24.3 Å². The van der Waals surface area contributed by atoms with Gasteiger partial charge in [-0.3, -0.25) is 4.79 Å². The van der Waals surface area contributed by atoms with E-state index < -0.39 is 6.10 Å². The summed E-state index contributed by atoms with van der Waals surface area (Å²) in [5.74, 6) is 3.46. The molecule has 0 aliphatic heterocycles. The van der Waals surface area contributed by atoms with Gasteiger partial charge >= 0.3 is 0 Å². The smallest absolute Gasteiger partial charge is 0.258 e. The van der Waals surface area contributed by atoms with Gasteiger partial charge in [0, 0.05) is 6.54 Å². The first-order valence-electron chi connectivity index (χ1n) is 9.16. The minimum atomic E-state index is -0.573. The summed E-state index contributed by atoms with van der Waals surface area (Å²) in [6.07, 6.45) is 5.32. The van der Waals surface area contributed by atoms with Crippen molar-refractivity contribution in [2.45, 2.75) is 12.5 Å². The van der Waals surface area contributed by atoms with Crippen molar-refractivity contribution < 1.29 is 19.4 Å². The Balaban J connectivity index is 0.00000420. The molecule has 2 aromatic rings. The van der Waals surface area contributed by atoms with E-state index in [4.69, 9.17) is 15.9 Å². The van der Waals surface area contributed by atoms with Crippen molar-refractivity contribution >= 4 is 18.3 Å². The van der Waals surface area contributed by atoms with Crippen molar-refractivity contribution in [3.05, 3.63) is 60.2 Å². The molecule has 1 amide bonds. The van der Waals surface area contributed by atoms with Crippen LogP contribution in [-0.4, -0.2) is 50.0 Å². The fourth-order valence-electron chi connectivity index (χ4n) is 2.37. The Morgan fingerprint density at radius 3 is 2.45 bits per heavy atom. The second kappa shape index (κ2) is 14.3. The van der Waals surface area contributed by atoms with Gasteiger partial charge in [0.1, 0.15) is 24.2 Å². The number of rotatable bonds is 12. The highest BCUT2D eigenvalue weighted by Gasteiger charge is 2.05. The molecule has 6 nitrogen and oxygen atoms in total. The predicted molar refractivity (Wildman–Crippen MR) is 116 cm³/mol. The largest absolute Gasteiger partial charge is 0.491 e. The van der Waals surface area contributed by atoms with Crippen molar-refractivity contribution in [3.8, 4) is 23.8 Å². The average molecular weight is 419 g/mol. The number of nitrogens with one attached hydrogen (secondary N) is 2. The van der Waals surface area contributed by atoms with Crippen molar-refractivity contribution in [2.24, 2.45) is 0 Å². The number of benzene rings is 2. The van der Waals surface area contributed by atoms with Gasteiger partial charge in [0.05, 0.1) is 6.54 Å². The summed E-state index contributed by atoms with van der Waals surface area (Å²) in [4.78, 5) is 11.4. The molecule has 0 spiro atoms. The van der Waals surface area contributed by atoms with Crippen LogP contribution in [0.2, 0.25) is 0 Å². The van der Waals surface area contributed by atoms with Gasteiger partial charge in [-0.1, -0.05) is 36.3 Å². The number of hydrogen-bond donors (Lipinski definition) is 3. The first kappa shape index (κ1) is 24.3. The first-order chi connectivity index (χ1) is 13.7. The van der Waals surface area contributed by atoms with Gasteiger partial charge in [-0.05, 0) is 42.8 Å². The van der Waals surface area contributed by atoms with E-state index in [1.165, 1.54) is 0 Å². The molecule has 0 bridgehead atoms. The Bertz CT molecular complexity index is 748. The number of carbonyl (C=O) groups excluding carboxylic acids is 1. The Hall–Kier alpha value is -2.72. The third kappa shape index (κ3) is 10.4. The highest BCUT2D eigenvalue weighted by atomic mass is 35.5. The lowest BCUT2D eigenvalue weighted by Crippen LogP contribution is -2.32. The molecule has 3 N–H and O–H groups in total. The molecule has 156 valence electrons. The van der Waals surface area contributed by atoms with E-state index in [2.05, 4.69) is 16.6 Å². The number of ether oxygens (including phenoxy) is 2. The molecule has 0 aromatic heterocycles. The van der Waals surface area contributed by atoms with Crippen LogP contribution >= 0.6 is 12.4 Å². The predicted octanol–water partition coefficient (Wildman–Crippen LogP) is 1.81. The lowest BCUT2D eigenvalue weighted by Gasteiger charge is -2.13. The van der Waals surface area contributed by atoms with Crippen LogP contribution in [0, 0.1) is 12.3 Å². The Kier molecular flexibility index (Phi) is 12.0. The lowest BCUT2D eigenvalue weighted by molar-refractivity contribution is -0.122. The minimum Gasteiger partial charge on any atom is -0.491 e. The maximum atomic E-state index is 11.4. The molecular formula is C22H27ClN2O4. The molecule has 1 unspecified atom stereocenters. The molecule has 0 fully saturated rings. The van der Waals surface area contributed by atoms with E-state index in [0.29, 0.717) is 12.3 Å². The number of para-hydroxylation sites is 1. The number of aliphatic hydroxyl groups is 1. The van der Waals surface area contributed by atoms with Crippen LogP contribution in [-0.2, 0) is 11.2 Å². The second-order valence-corrected chi connectivity index (χ2v) is 6.15. The lowest BCUT2D eigenvalue weighted by atomic mass is 10.1. The number of aliphatic hydroxyl groups excluding tert-OH is 1. The second-order valence-electron chi connectivity index (χ2n) is 6.15. The molecule has 0 aliphatic rings. The van der Waals surface area contributed by atoms with Gasteiger partial charge < -0.3 is 25.2 Å². The van der Waals surface area contributed by atoms with Crippen molar-refractivity contribution in [3.63, 3.8) is 0 Å². The number of carbonyl (C=O) groups is 1. The molecule has 1 atom stereocenters. The Labute approximate surface area is 178 Å². The zero-order chi connectivity index (χ0) is 20.0. The summed E-state index contributed by atoms with van der Waals surface area (Å²) >= 11 is 0. The van der Waals surface area contributed by atoms with Gasteiger partial charge in [0.2, 0.25) is 0 Å². The van der Waals surface area contributed by atoms with Crippen LogP contribution in [0.4, 0.5) is 0 Å². The van der Waals surface area contributed by atoms with Crippen LogP contribution in [0.25, 0.3) is 0 Å². The van der Waals surface area contributed by atoms with Crippen molar-refractivity contribution in [1.82, 2.24) is 10.6 Å². The average Bonchev–Trinajstić information content (AvgIpc) is 2.74. The number of halogens is 1. The normalized spacial score (nSPS) is 10.9. The van der Waals surface area contributed by atoms with Gasteiger partial charge in [-0.25, -0.2) is 0 Å². The molecule has 7 heteroatoms. The fourth-order valence-corrected chi connectivity index (χ4v) is 2.37. The van der Waals surface area contributed by atoms with Gasteiger partial charge in [0.25, 0.3) is 5.91 Å². The maximum absolute atomic E-state index is 11.4. The Morgan fingerprint density at radius 2 is 1.76 bits per heavy atom. The highest BCUT2D eigenvalue weighted by molar-refractivity contribution is 5.85. The van der Waals surface area contributed by atoms with E-state index in [-0.39, 0.29) is 38.1 Å². The quantitative estimate of drug-likeness (QED) is 0.362. The summed E-state index contributed by atoms with van der Waals surface area (Å²) < 4.78 is 10.9. The Morgan fingerprint density at radius 1 is 1.07 bits per heavy atom. The topological polar surface area (TPSA) is 79.8 Å². The molecule has 2 aromatic carbocycles. The molecule has 0 aliphatic carbocycles. The zero-order valence-electron chi connectivity index (χ0n) is 16.2. The van der Waals surface area contributed by atoms with Crippen molar-refractivity contribution in [2.75, 3.05) is 32.8 Å². The van der Waals surface area contributed by atoms with Crippen molar-refractivity contribution in [1.29, 1.82) is 0 Å². The van der Waals surface area contributed by atoms with Crippen LogP contribution in [0.15, 0.2) is 54.6 Å². The molecule has 0 saturated carbocycles. The van der Waals surface area contributed by atoms with E-state index in [1.54, 1.807) is 0 Å². The number of terminal acetylenes is 1. The van der Waals surface area contributed by atoms with Crippen LogP contribution in [0.3, 0.4) is 0 Å². The summed E-state index contributed by atoms with van der Waals surface area (Å²) in [7, 11) is 0. The van der Waals surface area contributed by atoms with Crippen LogP contribution in [0.1, 0.15) is 5.56 Å². The van der Waals surface area contributed by atoms with Crippen LogP contribution < -0.4 is 20.1 Å². The number of hydrogen-bond acceptors (Lipinski definition) is 5. The molecule has 2 rings (SSSR count). The summed E-state index contributed by atoms with van der Waals surface area (Å²) in [6.45, 7) is 1.57. The molecule has 0 saturated heterocycles. The first-order valence-corrected chi connectivity index (χ1v) is 9.16. The summed E-state index contributed by atoms with van der Waals surface area (Å²) in [5, 5.41) is 15.7. The SMILES string of the molecule is C#CCNC(=O)COc1ccc(CCNCC(O)COc2ccccc2)cc1.Cl. The molecule has 0 heterocycles. The number of amides is 1. The minimum absolute atomic E-state index is 0. The highest BCUT2D eigenvalue weighted by Crippen LogP contribution is 2.12. The van der Waals surface area contributed by atoms with Gasteiger partial charge in [-0.15, -0.1) is 18.8 Å². The van der Waals surface area contributed by atoms with Gasteiger partial charge in [0.15, 0.2) is 6.61 Å². The van der Waals surface area contributed by atoms with E-state index >= 15 is 0 Å². The van der Waals surface area contributed by atoms with Crippen LogP contribution in [0.5, 0.6) is 11.5 Å². The molecular weight excluding hydrogens is 392 g/mol. The zero-order valence-corrected chi connectivity index (χ0v) is 17.0. The summed E-state index contributed by atoms with van der Waals surface area (Å²) in [6, 6.07) is 17.0. The van der Waals surface area contributed by atoms with Gasteiger partial charge in [-0.2, -0.15) is 0 Å². The molecule has 29 heavy (non-hydrogen) atoms. The fraction of sp³-hybridized carbons (Fsp3) is 0.318. The molecule has 0 radical (unpaired) electrons. The van der Waals surface area contributed by atoms with E-state index in [9.17, 15) is 9.90 Å². The van der Waals surface area contributed by atoms with E-state index in [1.807, 2.05) is 54.6 Å². The standard InChI is InChI=1S/C22H26N2O4.ClH/c1-2-13-24-22(26)17-28-21-10-8-18(9-11-21)12-14-23-15-19(25)16-27-20-6-4-3-5-7-20;/h1,3-11,19,23,25H,12-17H2,(H,24,26);1H. The summed E-state index contributed by atoms with van der Waals surface area (Å²) in [5.41, 5.74) is 1.13. The third-order valence-corrected chi connectivity index (χ3v) is 3.84. The third-order valence-electron chi connectivity index (χ3n) is 3.84. The maximum Gasteiger partial charge on any atom is 0.258 e.